The monoisotopic (exact) mass is 212 g/mol. The fourth-order valence-corrected chi connectivity index (χ4v) is 2.14. The van der Waals surface area contributed by atoms with Crippen LogP contribution in [-0.4, -0.2) is 30.0 Å². The molecule has 1 N–H and O–H groups in total. The number of hydrogen-bond acceptors (Lipinski definition) is 2. The SMILES string of the molecule is CN1CCC(c2cc(Cl)c[nH]c2=O)C1. The average molecular weight is 213 g/mol. The maximum absolute atomic E-state index is 11.5. The van der Waals surface area contributed by atoms with Crippen molar-refractivity contribution >= 4 is 11.6 Å². The van der Waals surface area contributed by atoms with Gasteiger partial charge in [-0.05, 0) is 26.1 Å². The van der Waals surface area contributed by atoms with E-state index in [-0.39, 0.29) is 5.56 Å². The minimum atomic E-state index is -0.00491. The van der Waals surface area contributed by atoms with Gasteiger partial charge in [0.15, 0.2) is 0 Å². The molecular formula is C10H13ClN2O. The van der Waals surface area contributed by atoms with Crippen molar-refractivity contribution in [1.29, 1.82) is 0 Å². The van der Waals surface area contributed by atoms with Gasteiger partial charge in [0.25, 0.3) is 5.56 Å². The van der Waals surface area contributed by atoms with Crippen molar-refractivity contribution < 1.29 is 0 Å². The van der Waals surface area contributed by atoms with Gasteiger partial charge < -0.3 is 9.88 Å². The van der Waals surface area contributed by atoms with Crippen LogP contribution in [0.4, 0.5) is 0 Å². The van der Waals surface area contributed by atoms with E-state index in [1.165, 1.54) is 6.20 Å². The molecule has 76 valence electrons. The molecule has 3 nitrogen and oxygen atoms in total. The van der Waals surface area contributed by atoms with Crippen LogP contribution in [0.1, 0.15) is 17.9 Å². The molecule has 14 heavy (non-hydrogen) atoms. The summed E-state index contributed by atoms with van der Waals surface area (Å²) in [6, 6.07) is 1.78. The van der Waals surface area contributed by atoms with Crippen LogP contribution in [0.5, 0.6) is 0 Å². The van der Waals surface area contributed by atoms with Crippen molar-refractivity contribution in [3.05, 3.63) is 33.2 Å². The zero-order chi connectivity index (χ0) is 10.1. The standard InChI is InChI=1S/C10H13ClN2O/c1-13-3-2-7(6-13)9-4-8(11)5-12-10(9)14/h4-5,7H,2-3,6H2,1H3,(H,12,14). The Kier molecular flexibility index (Phi) is 2.61. The Labute approximate surface area is 87.7 Å². The Morgan fingerprint density at radius 1 is 1.64 bits per heavy atom. The fraction of sp³-hybridized carbons (Fsp3) is 0.500. The Morgan fingerprint density at radius 2 is 2.43 bits per heavy atom. The van der Waals surface area contributed by atoms with Gasteiger partial charge >= 0.3 is 0 Å². The van der Waals surface area contributed by atoms with E-state index in [0.29, 0.717) is 10.9 Å². The summed E-state index contributed by atoms with van der Waals surface area (Å²) < 4.78 is 0. The molecule has 0 aliphatic carbocycles. The predicted octanol–water partition coefficient (Wildman–Crippen LogP) is 1.45. The van der Waals surface area contributed by atoms with Crippen LogP contribution < -0.4 is 5.56 Å². The Hall–Kier alpha value is -0.800. The predicted molar refractivity (Wildman–Crippen MR) is 56.9 cm³/mol. The van der Waals surface area contributed by atoms with Crippen molar-refractivity contribution in [3.8, 4) is 0 Å². The summed E-state index contributed by atoms with van der Waals surface area (Å²) in [4.78, 5) is 16.4. The molecule has 0 radical (unpaired) electrons. The van der Waals surface area contributed by atoms with Gasteiger partial charge in [0, 0.05) is 24.2 Å². The van der Waals surface area contributed by atoms with Gasteiger partial charge in [-0.2, -0.15) is 0 Å². The number of likely N-dealkylation sites (tertiary alicyclic amines) is 1. The molecule has 4 heteroatoms. The molecule has 2 rings (SSSR count). The van der Waals surface area contributed by atoms with E-state index in [4.69, 9.17) is 11.6 Å². The van der Waals surface area contributed by atoms with Gasteiger partial charge in [-0.25, -0.2) is 0 Å². The van der Waals surface area contributed by atoms with Crippen molar-refractivity contribution in [2.24, 2.45) is 0 Å². The first kappa shape index (κ1) is 9.74. The number of nitrogens with zero attached hydrogens (tertiary/aromatic N) is 1. The van der Waals surface area contributed by atoms with Crippen LogP contribution in [0.25, 0.3) is 0 Å². The molecule has 1 aliphatic heterocycles. The summed E-state index contributed by atoms with van der Waals surface area (Å²) in [6.45, 7) is 2.00. The van der Waals surface area contributed by atoms with Crippen LogP contribution in [0.2, 0.25) is 5.02 Å². The summed E-state index contributed by atoms with van der Waals surface area (Å²) >= 11 is 5.85. The highest BCUT2D eigenvalue weighted by Crippen LogP contribution is 2.24. The number of hydrogen-bond donors (Lipinski definition) is 1. The Balaban J connectivity index is 2.32. The third-order valence-corrected chi connectivity index (χ3v) is 2.95. The van der Waals surface area contributed by atoms with Gasteiger partial charge in [0.1, 0.15) is 0 Å². The van der Waals surface area contributed by atoms with E-state index in [9.17, 15) is 4.79 Å². The third-order valence-electron chi connectivity index (χ3n) is 2.73. The largest absolute Gasteiger partial charge is 0.327 e. The lowest BCUT2D eigenvalue weighted by Gasteiger charge is -2.09. The molecular weight excluding hydrogens is 200 g/mol. The number of halogens is 1. The Morgan fingerprint density at radius 3 is 3.07 bits per heavy atom. The first-order valence-corrected chi connectivity index (χ1v) is 5.11. The molecule has 0 saturated carbocycles. The van der Waals surface area contributed by atoms with Gasteiger partial charge in [0.2, 0.25) is 0 Å². The molecule has 0 spiro atoms. The fourth-order valence-electron chi connectivity index (χ4n) is 1.97. The van der Waals surface area contributed by atoms with Crippen LogP contribution in [0, 0.1) is 0 Å². The quantitative estimate of drug-likeness (QED) is 0.765. The summed E-state index contributed by atoms with van der Waals surface area (Å²) in [5.41, 5.74) is 0.816. The minimum Gasteiger partial charge on any atom is -0.327 e. The van der Waals surface area contributed by atoms with Gasteiger partial charge in [-0.1, -0.05) is 11.6 Å². The molecule has 0 amide bonds. The number of likely N-dealkylation sites (N-methyl/N-ethyl adjacent to an activating group) is 1. The molecule has 1 fully saturated rings. The highest BCUT2D eigenvalue weighted by atomic mass is 35.5. The van der Waals surface area contributed by atoms with Crippen LogP contribution in [0.3, 0.4) is 0 Å². The molecule has 1 aromatic heterocycles. The second-order valence-corrected chi connectivity index (χ2v) is 4.29. The number of nitrogens with one attached hydrogen (secondary N) is 1. The molecule has 1 atom stereocenters. The smallest absolute Gasteiger partial charge is 0.251 e. The molecule has 1 aliphatic rings. The number of rotatable bonds is 1. The first-order valence-electron chi connectivity index (χ1n) is 4.73. The normalized spacial score (nSPS) is 22.9. The van der Waals surface area contributed by atoms with Crippen LogP contribution in [-0.2, 0) is 0 Å². The maximum atomic E-state index is 11.5. The van der Waals surface area contributed by atoms with Gasteiger partial charge in [0.05, 0.1) is 5.02 Å². The van der Waals surface area contributed by atoms with Crippen molar-refractivity contribution in [2.75, 3.05) is 20.1 Å². The first-order chi connectivity index (χ1) is 6.66. The topological polar surface area (TPSA) is 36.1 Å². The summed E-state index contributed by atoms with van der Waals surface area (Å²) in [5, 5.41) is 0.606. The second kappa shape index (κ2) is 3.75. The highest BCUT2D eigenvalue weighted by Gasteiger charge is 2.23. The zero-order valence-corrected chi connectivity index (χ0v) is 8.84. The second-order valence-electron chi connectivity index (χ2n) is 3.85. The van der Waals surface area contributed by atoms with E-state index < -0.39 is 0 Å². The van der Waals surface area contributed by atoms with E-state index in [1.54, 1.807) is 6.07 Å². The molecule has 1 unspecified atom stereocenters. The number of H-pyrrole nitrogens is 1. The summed E-state index contributed by atoms with van der Waals surface area (Å²) in [7, 11) is 2.07. The molecule has 1 saturated heterocycles. The zero-order valence-electron chi connectivity index (χ0n) is 8.09. The van der Waals surface area contributed by atoms with Crippen molar-refractivity contribution in [2.45, 2.75) is 12.3 Å². The van der Waals surface area contributed by atoms with Gasteiger partial charge in [-0.3, -0.25) is 4.79 Å². The lowest BCUT2D eigenvalue weighted by molar-refractivity contribution is 0.411. The average Bonchev–Trinajstić information content (AvgIpc) is 2.56. The molecule has 0 aromatic carbocycles. The summed E-state index contributed by atoms with van der Waals surface area (Å²) in [5.74, 6) is 0.336. The van der Waals surface area contributed by atoms with E-state index in [2.05, 4.69) is 16.9 Å². The molecule has 2 heterocycles. The van der Waals surface area contributed by atoms with Crippen LogP contribution in [0.15, 0.2) is 17.1 Å². The van der Waals surface area contributed by atoms with Gasteiger partial charge in [-0.15, -0.1) is 0 Å². The molecule has 1 aromatic rings. The number of aromatic nitrogens is 1. The number of pyridine rings is 1. The van der Waals surface area contributed by atoms with Crippen molar-refractivity contribution in [1.82, 2.24) is 9.88 Å². The van der Waals surface area contributed by atoms with Crippen molar-refractivity contribution in [3.63, 3.8) is 0 Å². The highest BCUT2D eigenvalue weighted by molar-refractivity contribution is 6.30. The minimum absolute atomic E-state index is 0.00491. The lowest BCUT2D eigenvalue weighted by Crippen LogP contribution is -2.18. The van der Waals surface area contributed by atoms with E-state index >= 15 is 0 Å². The van der Waals surface area contributed by atoms with Crippen LogP contribution >= 0.6 is 11.6 Å². The third kappa shape index (κ3) is 1.83. The van der Waals surface area contributed by atoms with E-state index in [0.717, 1.165) is 25.1 Å². The summed E-state index contributed by atoms with van der Waals surface area (Å²) in [6.07, 6.45) is 2.58. The number of aromatic amines is 1. The lowest BCUT2D eigenvalue weighted by atomic mass is 10.0. The Bertz CT molecular complexity index is 388. The molecule has 0 bridgehead atoms. The maximum Gasteiger partial charge on any atom is 0.251 e. The van der Waals surface area contributed by atoms with E-state index in [1.807, 2.05) is 0 Å².